The molecule has 0 aromatic carbocycles. The molecule has 0 bridgehead atoms. The van der Waals surface area contributed by atoms with E-state index in [9.17, 15) is 0 Å². The van der Waals surface area contributed by atoms with Crippen molar-refractivity contribution < 1.29 is 0 Å². The first-order valence-electron chi connectivity index (χ1n) is 9.61. The van der Waals surface area contributed by atoms with Crippen molar-refractivity contribution in [3.8, 4) is 0 Å². The molecule has 0 radical (unpaired) electrons. The first kappa shape index (κ1) is 19.0. The van der Waals surface area contributed by atoms with Crippen LogP contribution in [0.15, 0.2) is 11.3 Å². The number of rotatable bonds is 5. The van der Waals surface area contributed by atoms with Gasteiger partial charge in [-0.15, -0.1) is 0 Å². The summed E-state index contributed by atoms with van der Waals surface area (Å²) in [5, 5.41) is 0. The molecule has 0 aliphatic carbocycles. The molecule has 1 rings (SSSR count). The fourth-order valence-corrected chi connectivity index (χ4v) is 5.58. The molecule has 1 heterocycles. The highest BCUT2D eigenvalue weighted by atomic mass is 28.3. The molecule has 1 fully saturated rings. The predicted octanol–water partition coefficient (Wildman–Crippen LogP) is 5.56. The van der Waals surface area contributed by atoms with E-state index in [-0.39, 0.29) is 0 Å². The summed E-state index contributed by atoms with van der Waals surface area (Å²) in [5.74, 6) is 0. The monoisotopic (exact) mass is 309 g/mol. The smallest absolute Gasteiger partial charge is 0.0609 e. The Balaban J connectivity index is 2.59. The number of hydrogen-bond acceptors (Lipinski definition) is 1. The Kier molecular flexibility index (Phi) is 10.4. The lowest BCUT2D eigenvalue weighted by Gasteiger charge is -2.30. The first-order chi connectivity index (χ1) is 10.2. The van der Waals surface area contributed by atoms with Crippen molar-refractivity contribution in [3.05, 3.63) is 11.3 Å². The average molecular weight is 310 g/mol. The lowest BCUT2D eigenvalue weighted by atomic mass is 10.1. The molecule has 1 unspecified atom stereocenters. The standard InChI is InChI=1S/C19H39NSi/c1-5-21(6-2)17-18(3)19(4)20-15-13-11-9-7-8-10-12-14-16-20/h17,19,21H,5-16H2,1-4H3. The molecule has 0 aromatic rings. The SMILES string of the molecule is CC[SiH](C=C(C)C(C)N1CCCCCCCCCC1)CC. The van der Waals surface area contributed by atoms with Crippen LogP contribution in [0.2, 0.25) is 12.1 Å². The first-order valence-corrected chi connectivity index (χ1v) is 11.9. The van der Waals surface area contributed by atoms with Gasteiger partial charge in [-0.1, -0.05) is 75.7 Å². The summed E-state index contributed by atoms with van der Waals surface area (Å²) >= 11 is 0. The van der Waals surface area contributed by atoms with Gasteiger partial charge < -0.3 is 0 Å². The van der Waals surface area contributed by atoms with Crippen LogP contribution in [0.5, 0.6) is 0 Å². The third-order valence-electron chi connectivity index (χ3n) is 5.39. The van der Waals surface area contributed by atoms with E-state index in [0.717, 1.165) is 0 Å². The average Bonchev–Trinajstić information content (AvgIpc) is 2.56. The molecule has 1 nitrogen and oxygen atoms in total. The topological polar surface area (TPSA) is 3.24 Å². The van der Waals surface area contributed by atoms with Crippen molar-refractivity contribution in [1.82, 2.24) is 4.90 Å². The quantitative estimate of drug-likeness (QED) is 0.601. The van der Waals surface area contributed by atoms with Crippen LogP contribution in [0, 0.1) is 0 Å². The van der Waals surface area contributed by atoms with Gasteiger partial charge in [0.25, 0.3) is 0 Å². The number of nitrogens with zero attached hydrogens (tertiary/aromatic N) is 1. The summed E-state index contributed by atoms with van der Waals surface area (Å²) in [6.45, 7) is 12.2. The van der Waals surface area contributed by atoms with Gasteiger partial charge in [-0.05, 0) is 39.8 Å². The second-order valence-corrected chi connectivity index (χ2v) is 10.5. The summed E-state index contributed by atoms with van der Waals surface area (Å²) in [4.78, 5) is 2.77. The fourth-order valence-electron chi connectivity index (χ4n) is 3.51. The lowest BCUT2D eigenvalue weighted by molar-refractivity contribution is 0.224. The van der Waals surface area contributed by atoms with E-state index in [4.69, 9.17) is 0 Å². The molecule has 0 saturated carbocycles. The molecule has 1 saturated heterocycles. The molecular weight excluding hydrogens is 270 g/mol. The van der Waals surface area contributed by atoms with E-state index in [1.54, 1.807) is 5.57 Å². The zero-order valence-corrected chi connectivity index (χ0v) is 16.3. The van der Waals surface area contributed by atoms with Gasteiger partial charge in [0.05, 0.1) is 8.80 Å². The van der Waals surface area contributed by atoms with E-state index >= 15 is 0 Å². The normalized spacial score (nSPS) is 22.0. The van der Waals surface area contributed by atoms with Crippen molar-refractivity contribution in [2.24, 2.45) is 0 Å². The van der Waals surface area contributed by atoms with Crippen molar-refractivity contribution in [2.75, 3.05) is 13.1 Å². The zero-order valence-electron chi connectivity index (χ0n) is 15.2. The Morgan fingerprint density at radius 3 is 1.76 bits per heavy atom. The highest BCUT2D eigenvalue weighted by molar-refractivity contribution is 6.64. The summed E-state index contributed by atoms with van der Waals surface area (Å²) in [6, 6.07) is 3.50. The molecule has 21 heavy (non-hydrogen) atoms. The molecule has 0 N–H and O–H groups in total. The van der Waals surface area contributed by atoms with Gasteiger partial charge in [-0.3, -0.25) is 4.90 Å². The largest absolute Gasteiger partial charge is 0.297 e. The Bertz CT molecular complexity index is 271. The van der Waals surface area contributed by atoms with E-state index in [1.807, 2.05) is 0 Å². The van der Waals surface area contributed by atoms with Crippen LogP contribution in [-0.4, -0.2) is 32.8 Å². The fraction of sp³-hybridized carbons (Fsp3) is 0.895. The van der Waals surface area contributed by atoms with Crippen LogP contribution in [0.25, 0.3) is 0 Å². The summed E-state index contributed by atoms with van der Waals surface area (Å²) in [6.07, 6.45) is 11.5. The molecule has 2 heteroatoms. The van der Waals surface area contributed by atoms with Gasteiger partial charge in [0.15, 0.2) is 0 Å². The molecule has 1 aliphatic rings. The second kappa shape index (κ2) is 11.5. The minimum atomic E-state index is -0.593. The number of hydrogen-bond donors (Lipinski definition) is 0. The summed E-state index contributed by atoms with van der Waals surface area (Å²) < 4.78 is 0. The van der Waals surface area contributed by atoms with Crippen LogP contribution in [-0.2, 0) is 0 Å². The third kappa shape index (κ3) is 7.65. The van der Waals surface area contributed by atoms with Crippen LogP contribution in [0.3, 0.4) is 0 Å². The van der Waals surface area contributed by atoms with Crippen molar-refractivity contribution in [1.29, 1.82) is 0 Å². The summed E-state index contributed by atoms with van der Waals surface area (Å²) in [7, 11) is -0.593. The Hall–Kier alpha value is -0.0831. The Morgan fingerprint density at radius 2 is 1.33 bits per heavy atom. The van der Waals surface area contributed by atoms with Crippen molar-refractivity contribution in [3.63, 3.8) is 0 Å². The van der Waals surface area contributed by atoms with Gasteiger partial charge >= 0.3 is 0 Å². The molecule has 0 aromatic heterocycles. The minimum Gasteiger partial charge on any atom is -0.297 e. The summed E-state index contributed by atoms with van der Waals surface area (Å²) in [5.41, 5.74) is 4.35. The van der Waals surface area contributed by atoms with Gasteiger partial charge in [0.2, 0.25) is 0 Å². The molecule has 1 atom stereocenters. The van der Waals surface area contributed by atoms with Crippen molar-refractivity contribution >= 4 is 8.80 Å². The van der Waals surface area contributed by atoms with Crippen molar-refractivity contribution in [2.45, 2.75) is 97.2 Å². The van der Waals surface area contributed by atoms with E-state index in [2.05, 4.69) is 38.3 Å². The maximum atomic E-state index is 2.77. The van der Waals surface area contributed by atoms with Gasteiger partial charge in [-0.2, -0.15) is 0 Å². The predicted molar refractivity (Wildman–Crippen MR) is 99.8 cm³/mol. The van der Waals surface area contributed by atoms with Crippen LogP contribution >= 0.6 is 0 Å². The molecule has 0 spiro atoms. The zero-order chi connectivity index (χ0) is 15.5. The van der Waals surface area contributed by atoms with Crippen LogP contribution in [0.4, 0.5) is 0 Å². The lowest BCUT2D eigenvalue weighted by Crippen LogP contribution is -2.36. The van der Waals surface area contributed by atoms with E-state index in [0.29, 0.717) is 6.04 Å². The molecule has 1 aliphatic heterocycles. The maximum Gasteiger partial charge on any atom is 0.0609 e. The van der Waals surface area contributed by atoms with Crippen LogP contribution < -0.4 is 0 Å². The van der Waals surface area contributed by atoms with E-state index < -0.39 is 8.80 Å². The third-order valence-corrected chi connectivity index (χ3v) is 8.49. The van der Waals surface area contributed by atoms with Gasteiger partial charge in [0, 0.05) is 6.04 Å². The van der Waals surface area contributed by atoms with Crippen LogP contribution in [0.1, 0.15) is 79.1 Å². The molecule has 0 amide bonds. The Labute approximate surface area is 135 Å². The van der Waals surface area contributed by atoms with Gasteiger partial charge in [0.1, 0.15) is 0 Å². The minimum absolute atomic E-state index is 0.593. The highest BCUT2D eigenvalue weighted by Crippen LogP contribution is 2.18. The Morgan fingerprint density at radius 1 is 0.905 bits per heavy atom. The highest BCUT2D eigenvalue weighted by Gasteiger charge is 2.16. The molecular formula is C19H39NSi. The second-order valence-electron chi connectivity index (χ2n) is 7.03. The van der Waals surface area contributed by atoms with Gasteiger partial charge in [-0.25, -0.2) is 0 Å². The van der Waals surface area contributed by atoms with E-state index in [1.165, 1.54) is 76.5 Å². The maximum absolute atomic E-state index is 2.77. The molecule has 124 valence electrons.